The molecule has 0 bridgehead atoms. The predicted octanol–water partition coefficient (Wildman–Crippen LogP) is 2.97. The van der Waals surface area contributed by atoms with Crippen LogP contribution in [0.1, 0.15) is 43.8 Å². The number of fused-ring (bicyclic) bond motifs is 1. The molecule has 4 heteroatoms. The number of nitrogens with zero attached hydrogens (tertiary/aromatic N) is 1. The summed E-state index contributed by atoms with van der Waals surface area (Å²) in [4.78, 5) is 4.26. The molecule has 1 N–H and O–H groups in total. The van der Waals surface area contributed by atoms with E-state index in [1.807, 2.05) is 6.07 Å². The first kappa shape index (κ1) is 10.5. The van der Waals surface area contributed by atoms with Crippen molar-refractivity contribution in [3.8, 4) is 5.88 Å². The molecule has 1 fully saturated rings. The van der Waals surface area contributed by atoms with Gasteiger partial charge in [-0.25, -0.2) is 4.98 Å². The summed E-state index contributed by atoms with van der Waals surface area (Å²) in [5, 5.41) is 10.2. The normalized spacial score (nSPS) is 26.5. The van der Waals surface area contributed by atoms with Gasteiger partial charge in [-0.1, -0.05) is 0 Å². The highest BCUT2D eigenvalue weighted by atomic mass is 79.9. The standard InChI is InChI=1S/C12H14BrNO2/c13-8-5-9-10(15)6-12(3-1-2-4-12)16-11(9)14-7-8/h5,7,10,15H,1-4,6H2/t10-/m1/s1. The molecule has 1 aliphatic heterocycles. The van der Waals surface area contributed by atoms with Gasteiger partial charge >= 0.3 is 0 Å². The van der Waals surface area contributed by atoms with Gasteiger partial charge in [0.05, 0.1) is 6.10 Å². The Morgan fingerprint density at radius 2 is 2.19 bits per heavy atom. The monoisotopic (exact) mass is 283 g/mol. The lowest BCUT2D eigenvalue weighted by atomic mass is 9.89. The molecular weight excluding hydrogens is 270 g/mol. The molecule has 0 aromatic carbocycles. The van der Waals surface area contributed by atoms with E-state index in [-0.39, 0.29) is 5.60 Å². The average molecular weight is 284 g/mol. The second kappa shape index (κ2) is 3.70. The first-order valence-corrected chi connectivity index (χ1v) is 6.50. The Labute approximate surface area is 103 Å². The molecule has 0 unspecified atom stereocenters. The quantitative estimate of drug-likeness (QED) is 0.796. The maximum absolute atomic E-state index is 10.2. The van der Waals surface area contributed by atoms with E-state index in [1.165, 1.54) is 12.8 Å². The molecule has 2 heterocycles. The maximum Gasteiger partial charge on any atom is 0.219 e. The first-order chi connectivity index (χ1) is 7.69. The maximum atomic E-state index is 10.2. The Kier molecular flexibility index (Phi) is 2.44. The summed E-state index contributed by atoms with van der Waals surface area (Å²) < 4.78 is 6.90. The predicted molar refractivity (Wildman–Crippen MR) is 63.3 cm³/mol. The average Bonchev–Trinajstić information content (AvgIpc) is 2.68. The van der Waals surface area contributed by atoms with E-state index in [2.05, 4.69) is 20.9 Å². The van der Waals surface area contributed by atoms with E-state index < -0.39 is 6.10 Å². The summed E-state index contributed by atoms with van der Waals surface area (Å²) >= 11 is 3.36. The van der Waals surface area contributed by atoms with Gasteiger partial charge in [-0.05, 0) is 47.7 Å². The molecule has 1 spiro atoms. The number of aliphatic hydroxyl groups excluding tert-OH is 1. The van der Waals surface area contributed by atoms with E-state index in [9.17, 15) is 5.11 Å². The molecule has 1 atom stereocenters. The zero-order chi connectivity index (χ0) is 11.2. The molecule has 1 aromatic heterocycles. The van der Waals surface area contributed by atoms with Crippen LogP contribution < -0.4 is 4.74 Å². The molecule has 2 aliphatic rings. The third kappa shape index (κ3) is 1.64. The molecule has 3 nitrogen and oxygen atoms in total. The highest BCUT2D eigenvalue weighted by Gasteiger charge is 2.43. The minimum atomic E-state index is -0.438. The van der Waals surface area contributed by atoms with Crippen LogP contribution in [0.15, 0.2) is 16.7 Å². The van der Waals surface area contributed by atoms with Gasteiger partial charge in [-0.15, -0.1) is 0 Å². The molecule has 0 amide bonds. The van der Waals surface area contributed by atoms with Crippen LogP contribution in [-0.2, 0) is 0 Å². The van der Waals surface area contributed by atoms with Crippen LogP contribution in [0.5, 0.6) is 5.88 Å². The second-order valence-electron chi connectivity index (χ2n) is 4.76. The van der Waals surface area contributed by atoms with Crippen molar-refractivity contribution in [3.63, 3.8) is 0 Å². The first-order valence-electron chi connectivity index (χ1n) is 5.71. The van der Waals surface area contributed by atoms with E-state index in [4.69, 9.17) is 4.74 Å². The minimum Gasteiger partial charge on any atom is -0.471 e. The molecule has 16 heavy (non-hydrogen) atoms. The Bertz CT molecular complexity index is 415. The lowest BCUT2D eigenvalue weighted by Crippen LogP contribution is -2.38. The van der Waals surface area contributed by atoms with Crippen LogP contribution >= 0.6 is 15.9 Å². The number of rotatable bonds is 0. The number of pyridine rings is 1. The van der Waals surface area contributed by atoms with E-state index in [0.29, 0.717) is 12.3 Å². The zero-order valence-corrected chi connectivity index (χ0v) is 10.5. The Morgan fingerprint density at radius 1 is 1.44 bits per heavy atom. The number of halogens is 1. The number of ether oxygens (including phenoxy) is 1. The van der Waals surface area contributed by atoms with Crippen molar-refractivity contribution in [2.24, 2.45) is 0 Å². The summed E-state index contributed by atoms with van der Waals surface area (Å²) in [5.74, 6) is 0.615. The number of hydrogen-bond donors (Lipinski definition) is 1. The molecule has 1 aliphatic carbocycles. The largest absolute Gasteiger partial charge is 0.471 e. The molecule has 1 saturated carbocycles. The second-order valence-corrected chi connectivity index (χ2v) is 5.68. The van der Waals surface area contributed by atoms with Gasteiger partial charge in [0.2, 0.25) is 5.88 Å². The highest BCUT2D eigenvalue weighted by Crippen LogP contribution is 2.46. The summed E-state index contributed by atoms with van der Waals surface area (Å²) in [6.45, 7) is 0. The van der Waals surface area contributed by atoms with Gasteiger partial charge in [-0.3, -0.25) is 0 Å². The Morgan fingerprint density at radius 3 is 2.94 bits per heavy atom. The fourth-order valence-electron chi connectivity index (χ4n) is 2.80. The van der Waals surface area contributed by atoms with Crippen molar-refractivity contribution < 1.29 is 9.84 Å². The lowest BCUT2D eigenvalue weighted by Gasteiger charge is -2.37. The topological polar surface area (TPSA) is 42.4 Å². The summed E-state index contributed by atoms with van der Waals surface area (Å²) in [7, 11) is 0. The summed E-state index contributed by atoms with van der Waals surface area (Å²) in [6, 6.07) is 1.90. The number of hydrogen-bond acceptors (Lipinski definition) is 3. The molecule has 0 saturated heterocycles. The fraction of sp³-hybridized carbons (Fsp3) is 0.583. The number of aliphatic hydroxyl groups is 1. The van der Waals surface area contributed by atoms with Crippen LogP contribution in [0.3, 0.4) is 0 Å². The van der Waals surface area contributed by atoms with E-state index in [0.717, 1.165) is 22.9 Å². The van der Waals surface area contributed by atoms with Gasteiger partial charge in [0, 0.05) is 22.7 Å². The van der Waals surface area contributed by atoms with Crippen molar-refractivity contribution in [3.05, 3.63) is 22.3 Å². The third-order valence-corrected chi connectivity index (χ3v) is 4.03. The Balaban J connectivity index is 1.99. The minimum absolute atomic E-state index is 0.146. The van der Waals surface area contributed by atoms with Crippen molar-refractivity contribution in [1.82, 2.24) is 4.98 Å². The van der Waals surface area contributed by atoms with Gasteiger partial charge in [-0.2, -0.15) is 0 Å². The summed E-state index contributed by atoms with van der Waals surface area (Å²) in [5.41, 5.74) is 0.666. The van der Waals surface area contributed by atoms with Crippen molar-refractivity contribution >= 4 is 15.9 Å². The van der Waals surface area contributed by atoms with Crippen LogP contribution in [0.2, 0.25) is 0 Å². The molecule has 1 aromatic rings. The molecule has 0 radical (unpaired) electrons. The number of aromatic nitrogens is 1. The van der Waals surface area contributed by atoms with Crippen molar-refractivity contribution in [2.75, 3.05) is 0 Å². The van der Waals surface area contributed by atoms with Crippen LogP contribution in [0, 0.1) is 0 Å². The van der Waals surface area contributed by atoms with Gasteiger partial charge in [0.25, 0.3) is 0 Å². The molecule has 86 valence electrons. The highest BCUT2D eigenvalue weighted by molar-refractivity contribution is 9.10. The lowest BCUT2D eigenvalue weighted by molar-refractivity contribution is -0.0135. The third-order valence-electron chi connectivity index (χ3n) is 3.60. The summed E-state index contributed by atoms with van der Waals surface area (Å²) in [6.07, 6.45) is 6.46. The SMILES string of the molecule is O[C@@H]1CC2(CCCC2)Oc2ncc(Br)cc21. The van der Waals surface area contributed by atoms with Crippen molar-refractivity contribution in [2.45, 2.75) is 43.8 Å². The van der Waals surface area contributed by atoms with Crippen LogP contribution in [-0.4, -0.2) is 15.7 Å². The van der Waals surface area contributed by atoms with Crippen molar-refractivity contribution in [1.29, 1.82) is 0 Å². The fourth-order valence-corrected chi connectivity index (χ4v) is 3.15. The Hall–Kier alpha value is -0.610. The zero-order valence-electron chi connectivity index (χ0n) is 8.95. The van der Waals surface area contributed by atoms with Gasteiger partial charge in [0.15, 0.2) is 0 Å². The molecular formula is C12H14BrNO2. The van der Waals surface area contributed by atoms with Crippen LogP contribution in [0.4, 0.5) is 0 Å². The van der Waals surface area contributed by atoms with Crippen LogP contribution in [0.25, 0.3) is 0 Å². The van der Waals surface area contributed by atoms with E-state index >= 15 is 0 Å². The van der Waals surface area contributed by atoms with Gasteiger partial charge in [0.1, 0.15) is 5.60 Å². The smallest absolute Gasteiger partial charge is 0.219 e. The van der Waals surface area contributed by atoms with Gasteiger partial charge < -0.3 is 9.84 Å². The molecule has 3 rings (SSSR count). The van der Waals surface area contributed by atoms with E-state index in [1.54, 1.807) is 6.20 Å².